The molecule has 0 amide bonds. The van der Waals surface area contributed by atoms with E-state index in [4.69, 9.17) is 11.6 Å². The van der Waals surface area contributed by atoms with Crippen molar-refractivity contribution >= 4 is 11.6 Å². The average Bonchev–Trinajstić information content (AvgIpc) is 2.19. The molecule has 1 aromatic rings. The summed E-state index contributed by atoms with van der Waals surface area (Å²) >= 11 is 5.63. The van der Waals surface area contributed by atoms with Gasteiger partial charge in [0.05, 0.1) is 6.33 Å². The van der Waals surface area contributed by atoms with E-state index >= 15 is 0 Å². The molecule has 0 aliphatic heterocycles. The Kier molecular flexibility index (Phi) is 2.87. The molecule has 0 spiro atoms. The minimum atomic E-state index is -0.0306. The van der Waals surface area contributed by atoms with Gasteiger partial charge in [-0.3, -0.25) is 9.36 Å². The van der Waals surface area contributed by atoms with Crippen LogP contribution in [0.15, 0.2) is 17.2 Å². The number of hydrogen-bond donors (Lipinski definition) is 0. The van der Waals surface area contributed by atoms with Gasteiger partial charge in [0.2, 0.25) is 0 Å². The minimum Gasteiger partial charge on any atom is -0.296 e. The van der Waals surface area contributed by atoms with Gasteiger partial charge in [0, 0.05) is 12.1 Å². The maximum absolute atomic E-state index is 11.6. The van der Waals surface area contributed by atoms with Crippen molar-refractivity contribution in [2.75, 3.05) is 0 Å². The molecule has 0 N–H and O–H groups in total. The molecule has 0 bridgehead atoms. The topological polar surface area (TPSA) is 34.9 Å². The lowest BCUT2D eigenvalue weighted by molar-refractivity contribution is 0.343. The fourth-order valence-electron chi connectivity index (χ4n) is 2.02. The lowest BCUT2D eigenvalue weighted by Crippen LogP contribution is -2.25. The second-order valence-electron chi connectivity index (χ2n) is 3.75. The van der Waals surface area contributed by atoms with E-state index in [9.17, 15) is 4.79 Å². The molecule has 0 atom stereocenters. The zero-order valence-electron chi connectivity index (χ0n) is 7.95. The van der Waals surface area contributed by atoms with E-state index < -0.39 is 0 Å². The molecule has 1 fully saturated rings. The fourth-order valence-corrected chi connectivity index (χ4v) is 2.16. The maximum atomic E-state index is 11.6. The van der Waals surface area contributed by atoms with Crippen molar-refractivity contribution in [1.29, 1.82) is 0 Å². The van der Waals surface area contributed by atoms with Gasteiger partial charge in [-0.25, -0.2) is 4.98 Å². The molecule has 0 radical (unpaired) electrons. The molecule has 2 rings (SSSR count). The molecule has 3 nitrogen and oxygen atoms in total. The predicted molar refractivity (Wildman–Crippen MR) is 55.6 cm³/mol. The van der Waals surface area contributed by atoms with Crippen LogP contribution in [-0.2, 0) is 0 Å². The molecule has 0 unspecified atom stereocenters. The normalized spacial score (nSPS) is 18.4. The number of halogens is 1. The molecule has 1 heterocycles. The Bertz CT molecular complexity index is 369. The Balaban J connectivity index is 2.26. The molecule has 0 aromatic carbocycles. The van der Waals surface area contributed by atoms with Crippen LogP contribution < -0.4 is 5.56 Å². The van der Waals surface area contributed by atoms with E-state index in [1.807, 2.05) is 0 Å². The van der Waals surface area contributed by atoms with Gasteiger partial charge in [0.15, 0.2) is 0 Å². The van der Waals surface area contributed by atoms with Crippen molar-refractivity contribution in [3.63, 3.8) is 0 Å². The van der Waals surface area contributed by atoms with Gasteiger partial charge in [-0.05, 0) is 12.8 Å². The summed E-state index contributed by atoms with van der Waals surface area (Å²) in [5.74, 6) is 0. The third kappa shape index (κ3) is 1.98. The molecule has 76 valence electrons. The molecule has 1 aromatic heterocycles. The first-order valence-electron chi connectivity index (χ1n) is 5.01. The van der Waals surface area contributed by atoms with Gasteiger partial charge in [-0.2, -0.15) is 0 Å². The highest BCUT2D eigenvalue weighted by Crippen LogP contribution is 2.26. The van der Waals surface area contributed by atoms with E-state index in [0.717, 1.165) is 12.8 Å². The first-order chi connectivity index (χ1) is 6.77. The zero-order chi connectivity index (χ0) is 9.97. The third-order valence-corrected chi connectivity index (χ3v) is 2.98. The fraction of sp³-hybridized carbons (Fsp3) is 0.600. The Morgan fingerprint density at radius 1 is 1.36 bits per heavy atom. The number of hydrogen-bond acceptors (Lipinski definition) is 2. The second kappa shape index (κ2) is 4.13. The van der Waals surface area contributed by atoms with E-state index in [1.54, 1.807) is 10.9 Å². The molecule has 0 saturated heterocycles. The van der Waals surface area contributed by atoms with Crippen LogP contribution >= 0.6 is 11.6 Å². The Morgan fingerprint density at radius 2 is 2.07 bits per heavy atom. The largest absolute Gasteiger partial charge is 0.296 e. The van der Waals surface area contributed by atoms with Crippen LogP contribution in [0.5, 0.6) is 0 Å². The van der Waals surface area contributed by atoms with E-state index in [2.05, 4.69) is 4.98 Å². The average molecular weight is 213 g/mol. The van der Waals surface area contributed by atoms with Crippen LogP contribution in [-0.4, -0.2) is 9.55 Å². The van der Waals surface area contributed by atoms with Crippen LogP contribution in [0.2, 0.25) is 5.15 Å². The molecule has 1 saturated carbocycles. The molecule has 14 heavy (non-hydrogen) atoms. The Morgan fingerprint density at radius 3 is 2.71 bits per heavy atom. The summed E-state index contributed by atoms with van der Waals surface area (Å²) in [7, 11) is 0. The summed E-state index contributed by atoms with van der Waals surface area (Å²) in [5.41, 5.74) is -0.0306. The molecule has 1 aliphatic carbocycles. The van der Waals surface area contributed by atoms with Crippen molar-refractivity contribution in [2.24, 2.45) is 0 Å². The maximum Gasteiger partial charge on any atom is 0.255 e. The highest BCUT2D eigenvalue weighted by Gasteiger charge is 2.16. The van der Waals surface area contributed by atoms with Crippen LogP contribution in [0.1, 0.15) is 38.1 Å². The number of nitrogens with zero attached hydrogens (tertiary/aromatic N) is 2. The van der Waals surface area contributed by atoms with E-state index in [-0.39, 0.29) is 10.7 Å². The quantitative estimate of drug-likeness (QED) is 0.670. The van der Waals surface area contributed by atoms with Crippen molar-refractivity contribution in [1.82, 2.24) is 9.55 Å². The van der Waals surface area contributed by atoms with Crippen molar-refractivity contribution in [2.45, 2.75) is 38.1 Å². The highest BCUT2D eigenvalue weighted by atomic mass is 35.5. The summed E-state index contributed by atoms with van der Waals surface area (Å²) in [4.78, 5) is 15.5. The Labute approximate surface area is 87.7 Å². The van der Waals surface area contributed by atoms with Crippen LogP contribution in [0.4, 0.5) is 0 Å². The first kappa shape index (κ1) is 9.71. The SMILES string of the molecule is O=c1cc(Cl)ncn1C1CCCCC1. The minimum absolute atomic E-state index is 0.0306. The van der Waals surface area contributed by atoms with E-state index in [0.29, 0.717) is 6.04 Å². The van der Waals surface area contributed by atoms with Crippen LogP contribution in [0, 0.1) is 0 Å². The smallest absolute Gasteiger partial charge is 0.255 e. The van der Waals surface area contributed by atoms with Gasteiger partial charge in [-0.15, -0.1) is 0 Å². The molecule has 1 aliphatic rings. The van der Waals surface area contributed by atoms with Gasteiger partial charge >= 0.3 is 0 Å². The van der Waals surface area contributed by atoms with Crippen molar-refractivity contribution in [3.8, 4) is 0 Å². The summed E-state index contributed by atoms with van der Waals surface area (Å²) in [5, 5.41) is 0.280. The number of aromatic nitrogens is 2. The summed E-state index contributed by atoms with van der Waals surface area (Å²) in [6, 6.07) is 1.72. The van der Waals surface area contributed by atoms with Gasteiger partial charge in [0.1, 0.15) is 5.15 Å². The van der Waals surface area contributed by atoms with Crippen LogP contribution in [0.25, 0.3) is 0 Å². The lowest BCUT2D eigenvalue weighted by atomic mass is 9.95. The van der Waals surface area contributed by atoms with Crippen molar-refractivity contribution < 1.29 is 0 Å². The molecular weight excluding hydrogens is 200 g/mol. The third-order valence-electron chi connectivity index (χ3n) is 2.77. The monoisotopic (exact) mass is 212 g/mol. The summed E-state index contributed by atoms with van der Waals surface area (Å²) in [6.45, 7) is 0. The van der Waals surface area contributed by atoms with Gasteiger partial charge < -0.3 is 0 Å². The highest BCUT2D eigenvalue weighted by molar-refractivity contribution is 6.29. The van der Waals surface area contributed by atoms with Crippen LogP contribution in [0.3, 0.4) is 0 Å². The zero-order valence-corrected chi connectivity index (χ0v) is 8.70. The standard InChI is InChI=1S/C10H13ClN2O/c11-9-6-10(14)13(7-12-9)8-4-2-1-3-5-8/h6-8H,1-5H2. The molecular formula is C10H13ClN2O. The molecule has 4 heteroatoms. The lowest BCUT2D eigenvalue weighted by Gasteiger charge is -2.23. The predicted octanol–water partition coefficient (Wildman–Crippen LogP) is 2.40. The number of rotatable bonds is 1. The summed E-state index contributed by atoms with van der Waals surface area (Å²) < 4.78 is 1.71. The van der Waals surface area contributed by atoms with Gasteiger partial charge in [-0.1, -0.05) is 30.9 Å². The second-order valence-corrected chi connectivity index (χ2v) is 4.14. The van der Waals surface area contributed by atoms with Gasteiger partial charge in [0.25, 0.3) is 5.56 Å². The summed E-state index contributed by atoms with van der Waals surface area (Å²) in [6.07, 6.45) is 7.44. The Hall–Kier alpha value is -0.830. The van der Waals surface area contributed by atoms with E-state index in [1.165, 1.54) is 25.3 Å². The first-order valence-corrected chi connectivity index (χ1v) is 5.39. The van der Waals surface area contributed by atoms with Crippen molar-refractivity contribution in [3.05, 3.63) is 27.9 Å².